The second-order valence-corrected chi connectivity index (χ2v) is 6.15. The summed E-state index contributed by atoms with van der Waals surface area (Å²) in [7, 11) is 0. The number of nitrogen functional groups attached to an aromatic ring is 1. The molecule has 2 aliphatic heterocycles. The van der Waals surface area contributed by atoms with E-state index in [4.69, 9.17) is 22.1 Å². The molecule has 0 amide bonds. The molecule has 0 bridgehead atoms. The Bertz CT molecular complexity index is 714. The van der Waals surface area contributed by atoms with Crippen molar-refractivity contribution in [1.82, 2.24) is 0 Å². The molecule has 0 aromatic heterocycles. The number of rotatable bonds is 2. The average Bonchev–Trinajstić information content (AvgIpc) is 3.06. The smallest absolute Gasteiger partial charge is 0.127 e. The Balaban J connectivity index is 1.68. The lowest BCUT2D eigenvalue weighted by Crippen LogP contribution is -2.20. The van der Waals surface area contributed by atoms with Crippen molar-refractivity contribution >= 4 is 23.0 Å². The van der Waals surface area contributed by atoms with Gasteiger partial charge in [0.05, 0.1) is 6.61 Å². The number of fused-ring (bicyclic) bond motifs is 2. The first-order valence-corrected chi connectivity index (χ1v) is 7.66. The predicted octanol–water partition coefficient (Wildman–Crippen LogP) is 3.42. The molecule has 0 saturated carbocycles. The summed E-state index contributed by atoms with van der Waals surface area (Å²) in [6, 6.07) is 10.2. The van der Waals surface area contributed by atoms with Gasteiger partial charge in [0.15, 0.2) is 0 Å². The Kier molecular flexibility index (Phi) is 2.96. The second-order valence-electron chi connectivity index (χ2n) is 5.71. The van der Waals surface area contributed by atoms with E-state index in [2.05, 4.69) is 17.0 Å². The minimum atomic E-state index is 0.756. The molecule has 2 aliphatic rings. The van der Waals surface area contributed by atoms with Crippen LogP contribution in [0, 0.1) is 0 Å². The van der Waals surface area contributed by atoms with Crippen molar-refractivity contribution in [3.05, 3.63) is 52.0 Å². The molecule has 0 saturated heterocycles. The first kappa shape index (κ1) is 12.8. The number of nitrogens with two attached hydrogens (primary N) is 1. The predicted molar refractivity (Wildman–Crippen MR) is 86.3 cm³/mol. The molecule has 2 aromatic carbocycles. The molecule has 0 aliphatic carbocycles. The van der Waals surface area contributed by atoms with E-state index in [-0.39, 0.29) is 0 Å². The monoisotopic (exact) mass is 300 g/mol. The highest BCUT2D eigenvalue weighted by Crippen LogP contribution is 2.37. The molecular weight excluding hydrogens is 284 g/mol. The van der Waals surface area contributed by atoms with Gasteiger partial charge in [0.1, 0.15) is 5.75 Å². The van der Waals surface area contributed by atoms with Crippen LogP contribution in [0.2, 0.25) is 5.02 Å². The summed E-state index contributed by atoms with van der Waals surface area (Å²) in [5, 5.41) is 0.793. The highest BCUT2D eigenvalue weighted by atomic mass is 35.5. The number of hydrogen-bond acceptors (Lipinski definition) is 3. The third kappa shape index (κ3) is 2.22. The third-order valence-corrected chi connectivity index (χ3v) is 4.51. The first-order valence-electron chi connectivity index (χ1n) is 7.28. The van der Waals surface area contributed by atoms with E-state index in [1.807, 2.05) is 18.2 Å². The van der Waals surface area contributed by atoms with Crippen LogP contribution in [0.15, 0.2) is 30.3 Å². The molecule has 2 N–H and O–H groups in total. The van der Waals surface area contributed by atoms with Crippen LogP contribution in [0.25, 0.3) is 0 Å². The van der Waals surface area contributed by atoms with Crippen LogP contribution in [0.4, 0.5) is 11.4 Å². The largest absolute Gasteiger partial charge is 0.493 e. The summed E-state index contributed by atoms with van der Waals surface area (Å²) >= 11 is 6.25. The fourth-order valence-electron chi connectivity index (χ4n) is 3.30. The zero-order chi connectivity index (χ0) is 14.4. The van der Waals surface area contributed by atoms with E-state index in [1.165, 1.54) is 22.4 Å². The Labute approximate surface area is 129 Å². The van der Waals surface area contributed by atoms with Gasteiger partial charge < -0.3 is 15.4 Å². The van der Waals surface area contributed by atoms with Crippen molar-refractivity contribution in [3.8, 4) is 5.75 Å². The highest BCUT2D eigenvalue weighted by molar-refractivity contribution is 6.30. The Morgan fingerprint density at radius 2 is 2.05 bits per heavy atom. The van der Waals surface area contributed by atoms with E-state index < -0.39 is 0 Å². The van der Waals surface area contributed by atoms with Crippen LogP contribution in [0.3, 0.4) is 0 Å². The molecule has 0 unspecified atom stereocenters. The molecule has 0 atom stereocenters. The van der Waals surface area contributed by atoms with Gasteiger partial charge in [0.2, 0.25) is 0 Å². The molecule has 4 rings (SSSR count). The van der Waals surface area contributed by atoms with E-state index in [0.717, 1.165) is 49.0 Å². The fraction of sp³-hybridized carbons (Fsp3) is 0.294. The molecular formula is C17H17ClN2O. The molecule has 108 valence electrons. The van der Waals surface area contributed by atoms with Crippen LogP contribution in [0.1, 0.15) is 16.7 Å². The summed E-state index contributed by atoms with van der Waals surface area (Å²) in [5.74, 6) is 1.02. The lowest BCUT2D eigenvalue weighted by Gasteiger charge is -2.21. The topological polar surface area (TPSA) is 38.5 Å². The number of ether oxygens (including phenoxy) is 1. The zero-order valence-electron chi connectivity index (χ0n) is 11.7. The maximum atomic E-state index is 6.25. The van der Waals surface area contributed by atoms with E-state index >= 15 is 0 Å². The molecule has 3 nitrogen and oxygen atoms in total. The molecule has 0 radical (unpaired) electrons. The summed E-state index contributed by atoms with van der Waals surface area (Å²) in [6.07, 6.45) is 2.02. The standard InChI is InChI=1S/C17H17ClN2O/c18-14-7-12-4-6-21-17(12)13(8-14)10-20-5-3-11-1-2-15(19)9-16(11)20/h1-2,7-9H,3-6,10,19H2. The molecule has 0 fully saturated rings. The second kappa shape index (κ2) is 4.85. The third-order valence-electron chi connectivity index (χ3n) is 4.29. The van der Waals surface area contributed by atoms with Crippen LogP contribution >= 0.6 is 11.6 Å². The van der Waals surface area contributed by atoms with Crippen LogP contribution in [-0.2, 0) is 19.4 Å². The summed E-state index contributed by atoms with van der Waals surface area (Å²) in [6.45, 7) is 2.59. The van der Waals surface area contributed by atoms with Crippen molar-refractivity contribution in [2.45, 2.75) is 19.4 Å². The van der Waals surface area contributed by atoms with Gasteiger partial charge >= 0.3 is 0 Å². The van der Waals surface area contributed by atoms with Gasteiger partial charge in [-0.15, -0.1) is 0 Å². The zero-order valence-corrected chi connectivity index (χ0v) is 12.5. The number of halogens is 1. The van der Waals surface area contributed by atoms with Crippen LogP contribution in [-0.4, -0.2) is 13.2 Å². The molecule has 21 heavy (non-hydrogen) atoms. The van der Waals surface area contributed by atoms with Gasteiger partial charge in [-0.25, -0.2) is 0 Å². The Morgan fingerprint density at radius 3 is 2.95 bits per heavy atom. The Hall–Kier alpha value is -1.87. The van der Waals surface area contributed by atoms with Gasteiger partial charge in [0.25, 0.3) is 0 Å². The SMILES string of the molecule is Nc1ccc2c(c1)N(Cc1cc(Cl)cc3c1OCC3)CC2. The van der Waals surface area contributed by atoms with Crippen molar-refractivity contribution in [3.63, 3.8) is 0 Å². The van der Waals surface area contributed by atoms with E-state index in [9.17, 15) is 0 Å². The minimum absolute atomic E-state index is 0.756. The summed E-state index contributed by atoms with van der Waals surface area (Å²) < 4.78 is 5.80. The van der Waals surface area contributed by atoms with Gasteiger partial charge in [0, 0.05) is 41.5 Å². The lowest BCUT2D eigenvalue weighted by molar-refractivity contribution is 0.353. The lowest BCUT2D eigenvalue weighted by atomic mass is 10.1. The normalized spacial score (nSPS) is 15.8. The maximum Gasteiger partial charge on any atom is 0.127 e. The molecule has 2 aromatic rings. The van der Waals surface area contributed by atoms with Gasteiger partial charge in [-0.05, 0) is 41.8 Å². The van der Waals surface area contributed by atoms with Gasteiger partial charge in [-0.1, -0.05) is 17.7 Å². The number of benzene rings is 2. The fourth-order valence-corrected chi connectivity index (χ4v) is 3.56. The first-order chi connectivity index (χ1) is 10.2. The van der Waals surface area contributed by atoms with E-state index in [0.29, 0.717) is 0 Å². The Morgan fingerprint density at radius 1 is 1.14 bits per heavy atom. The number of anilines is 2. The van der Waals surface area contributed by atoms with Crippen molar-refractivity contribution < 1.29 is 4.74 Å². The van der Waals surface area contributed by atoms with Gasteiger partial charge in [-0.3, -0.25) is 0 Å². The molecule has 4 heteroatoms. The van der Waals surface area contributed by atoms with Crippen molar-refractivity contribution in [1.29, 1.82) is 0 Å². The summed E-state index contributed by atoms with van der Waals surface area (Å²) in [4.78, 5) is 2.36. The van der Waals surface area contributed by atoms with Crippen LogP contribution < -0.4 is 15.4 Å². The quantitative estimate of drug-likeness (QED) is 0.864. The number of hydrogen-bond donors (Lipinski definition) is 1. The highest BCUT2D eigenvalue weighted by Gasteiger charge is 2.23. The van der Waals surface area contributed by atoms with Crippen molar-refractivity contribution in [2.75, 3.05) is 23.8 Å². The van der Waals surface area contributed by atoms with Crippen molar-refractivity contribution in [2.24, 2.45) is 0 Å². The molecule has 2 heterocycles. The molecule has 0 spiro atoms. The average molecular weight is 301 g/mol. The maximum absolute atomic E-state index is 6.25. The number of nitrogens with zero attached hydrogens (tertiary/aromatic N) is 1. The van der Waals surface area contributed by atoms with Gasteiger partial charge in [-0.2, -0.15) is 0 Å². The summed E-state index contributed by atoms with van der Waals surface area (Å²) in [5.41, 5.74) is 11.7. The van der Waals surface area contributed by atoms with Crippen LogP contribution in [0.5, 0.6) is 5.75 Å². The van der Waals surface area contributed by atoms with E-state index in [1.54, 1.807) is 0 Å². The minimum Gasteiger partial charge on any atom is -0.493 e.